The van der Waals surface area contributed by atoms with Crippen LogP contribution in [0.3, 0.4) is 0 Å². The number of nitrogens with zero attached hydrogens (tertiary/aromatic N) is 2. The van der Waals surface area contributed by atoms with Crippen molar-refractivity contribution in [2.24, 2.45) is 5.73 Å². The van der Waals surface area contributed by atoms with Gasteiger partial charge in [-0.3, -0.25) is 5.73 Å². The second-order valence-corrected chi connectivity index (χ2v) is 5.45. The number of hydrogen-bond donors (Lipinski definition) is 1. The predicted octanol–water partition coefficient (Wildman–Crippen LogP) is 2.14. The van der Waals surface area contributed by atoms with Crippen LogP contribution in [0.5, 0.6) is 11.5 Å². The number of alkyl halides is 3. The highest BCUT2D eigenvalue weighted by molar-refractivity contribution is 5.72. The van der Waals surface area contributed by atoms with Gasteiger partial charge in [0.05, 0.1) is 0 Å². The highest BCUT2D eigenvalue weighted by Gasteiger charge is 2.31. The summed E-state index contributed by atoms with van der Waals surface area (Å²) in [6.07, 6.45) is -6.75. The molecule has 1 aromatic rings. The largest absolute Gasteiger partial charge is 0.573 e. The van der Waals surface area contributed by atoms with Crippen molar-refractivity contribution in [1.29, 1.82) is 0 Å². The van der Waals surface area contributed by atoms with Gasteiger partial charge in [-0.1, -0.05) is 0 Å². The molecule has 1 aromatic carbocycles. The van der Waals surface area contributed by atoms with Gasteiger partial charge in [0.15, 0.2) is 0 Å². The van der Waals surface area contributed by atoms with Crippen molar-refractivity contribution in [1.82, 2.24) is 9.80 Å². The number of halogens is 3. The molecule has 0 bridgehead atoms. The van der Waals surface area contributed by atoms with Crippen LogP contribution in [0.1, 0.15) is 6.92 Å². The number of rotatable bonds is 3. The van der Waals surface area contributed by atoms with E-state index in [0.29, 0.717) is 0 Å². The van der Waals surface area contributed by atoms with E-state index in [9.17, 15) is 22.8 Å². The monoisotopic (exact) mass is 377 g/mol. The molecule has 1 saturated heterocycles. The number of nitrogens with two attached hydrogens (primary N) is 1. The van der Waals surface area contributed by atoms with E-state index >= 15 is 0 Å². The lowest BCUT2D eigenvalue weighted by Crippen LogP contribution is -2.52. The van der Waals surface area contributed by atoms with Crippen LogP contribution in [0, 0.1) is 0 Å². The number of carbonyl (C=O) groups is 2. The molecule has 2 rings (SSSR count). The average Bonchev–Trinajstić information content (AvgIpc) is 2.55. The first-order valence-corrected chi connectivity index (χ1v) is 7.68. The van der Waals surface area contributed by atoms with Crippen molar-refractivity contribution in [3.63, 3.8) is 0 Å². The first-order chi connectivity index (χ1) is 12.1. The zero-order valence-corrected chi connectivity index (χ0v) is 13.9. The van der Waals surface area contributed by atoms with Crippen molar-refractivity contribution < 1.29 is 37.0 Å². The van der Waals surface area contributed by atoms with Crippen LogP contribution in [0.15, 0.2) is 24.3 Å². The molecule has 1 atom stereocenters. The van der Waals surface area contributed by atoms with Crippen LogP contribution in [0.2, 0.25) is 0 Å². The van der Waals surface area contributed by atoms with Crippen LogP contribution in [0.4, 0.5) is 22.8 Å². The average molecular weight is 377 g/mol. The Kier molecular flexibility index (Phi) is 6.14. The summed E-state index contributed by atoms with van der Waals surface area (Å²) in [7, 11) is 0. The van der Waals surface area contributed by atoms with Gasteiger partial charge in [0.2, 0.25) is 0 Å². The quantitative estimate of drug-likeness (QED) is 0.811. The molecule has 1 unspecified atom stereocenters. The standard InChI is InChI=1S/C15H18F3N3O5/c1-10(19)24-13(22)20-6-8-21(9-7-20)14(23)25-11-2-4-12(5-3-11)26-15(16,17)18/h2-5,10H,6-9,19H2,1H3. The van der Waals surface area contributed by atoms with E-state index in [4.69, 9.17) is 15.2 Å². The molecule has 1 aliphatic heterocycles. The minimum absolute atomic E-state index is 0.0725. The number of ether oxygens (including phenoxy) is 3. The van der Waals surface area contributed by atoms with Gasteiger partial charge in [-0.15, -0.1) is 13.2 Å². The normalized spacial score (nSPS) is 16.0. The Morgan fingerprint density at radius 2 is 1.46 bits per heavy atom. The molecule has 8 nitrogen and oxygen atoms in total. The van der Waals surface area contributed by atoms with Gasteiger partial charge in [-0.2, -0.15) is 0 Å². The Labute approximate surface area is 147 Å². The van der Waals surface area contributed by atoms with Crippen molar-refractivity contribution >= 4 is 12.2 Å². The van der Waals surface area contributed by atoms with Gasteiger partial charge in [-0.25, -0.2) is 9.59 Å². The molecule has 11 heteroatoms. The van der Waals surface area contributed by atoms with Gasteiger partial charge in [0.25, 0.3) is 0 Å². The summed E-state index contributed by atoms with van der Waals surface area (Å²) in [5.74, 6) is -0.345. The Bertz CT molecular complexity index is 628. The molecule has 0 radical (unpaired) electrons. The number of piperazine rings is 1. The summed E-state index contributed by atoms with van der Waals surface area (Å²) in [6.45, 7) is 2.47. The van der Waals surface area contributed by atoms with Gasteiger partial charge in [0.1, 0.15) is 17.7 Å². The SMILES string of the molecule is CC(N)OC(=O)N1CCN(C(=O)Oc2ccc(OC(F)(F)F)cc2)CC1. The molecule has 0 saturated carbocycles. The lowest BCUT2D eigenvalue weighted by molar-refractivity contribution is -0.274. The molecule has 144 valence electrons. The predicted molar refractivity (Wildman–Crippen MR) is 82.4 cm³/mol. The number of carbonyl (C=O) groups excluding carboxylic acids is 2. The van der Waals surface area contributed by atoms with Gasteiger partial charge < -0.3 is 24.0 Å². The van der Waals surface area contributed by atoms with Crippen LogP contribution in [-0.2, 0) is 4.74 Å². The molecular formula is C15H18F3N3O5. The number of amides is 2. The Hall–Kier alpha value is -2.69. The van der Waals surface area contributed by atoms with Crippen LogP contribution >= 0.6 is 0 Å². The van der Waals surface area contributed by atoms with E-state index < -0.39 is 30.5 Å². The Morgan fingerprint density at radius 1 is 1.00 bits per heavy atom. The van der Waals surface area contributed by atoms with Crippen molar-refractivity contribution in [2.45, 2.75) is 19.5 Å². The third-order valence-corrected chi connectivity index (χ3v) is 3.35. The molecule has 2 N–H and O–H groups in total. The smallest absolute Gasteiger partial charge is 0.431 e. The zero-order chi connectivity index (χ0) is 19.3. The molecular weight excluding hydrogens is 359 g/mol. The highest BCUT2D eigenvalue weighted by Crippen LogP contribution is 2.25. The fourth-order valence-corrected chi connectivity index (χ4v) is 2.18. The second kappa shape index (κ2) is 8.13. The Morgan fingerprint density at radius 3 is 1.92 bits per heavy atom. The topological polar surface area (TPSA) is 94.3 Å². The molecule has 0 spiro atoms. The van der Waals surface area contributed by atoms with E-state index in [-0.39, 0.29) is 31.9 Å². The van der Waals surface area contributed by atoms with Crippen molar-refractivity contribution in [3.05, 3.63) is 24.3 Å². The fraction of sp³-hybridized carbons (Fsp3) is 0.467. The summed E-state index contributed by atoms with van der Waals surface area (Å²) in [6, 6.07) is 4.46. The Balaban J connectivity index is 1.83. The van der Waals surface area contributed by atoms with Crippen molar-refractivity contribution in [3.8, 4) is 11.5 Å². The maximum Gasteiger partial charge on any atom is 0.573 e. The maximum atomic E-state index is 12.1. The molecule has 26 heavy (non-hydrogen) atoms. The summed E-state index contributed by atoms with van der Waals surface area (Å²) in [5.41, 5.74) is 5.38. The van der Waals surface area contributed by atoms with Gasteiger partial charge in [-0.05, 0) is 31.2 Å². The minimum Gasteiger partial charge on any atom is -0.431 e. The van der Waals surface area contributed by atoms with Crippen LogP contribution < -0.4 is 15.2 Å². The number of hydrogen-bond acceptors (Lipinski definition) is 6. The molecule has 0 aliphatic carbocycles. The summed E-state index contributed by atoms with van der Waals surface area (Å²) in [5, 5.41) is 0. The second-order valence-electron chi connectivity index (χ2n) is 5.45. The van der Waals surface area contributed by atoms with Gasteiger partial charge in [0, 0.05) is 26.2 Å². The first-order valence-electron chi connectivity index (χ1n) is 7.68. The minimum atomic E-state index is -4.79. The lowest BCUT2D eigenvalue weighted by atomic mass is 10.3. The highest BCUT2D eigenvalue weighted by atomic mass is 19.4. The molecule has 2 amide bonds. The molecule has 1 aliphatic rings. The molecule has 1 fully saturated rings. The lowest BCUT2D eigenvalue weighted by Gasteiger charge is -2.33. The van der Waals surface area contributed by atoms with Crippen LogP contribution in [-0.4, -0.2) is 60.8 Å². The molecule has 1 heterocycles. The maximum absolute atomic E-state index is 12.1. The zero-order valence-electron chi connectivity index (χ0n) is 13.9. The third-order valence-electron chi connectivity index (χ3n) is 3.35. The van der Waals surface area contributed by atoms with Gasteiger partial charge >= 0.3 is 18.5 Å². The van der Waals surface area contributed by atoms with E-state index in [1.54, 1.807) is 0 Å². The summed E-state index contributed by atoms with van der Waals surface area (Å²) >= 11 is 0. The van der Waals surface area contributed by atoms with E-state index in [1.807, 2.05) is 0 Å². The van der Waals surface area contributed by atoms with Crippen LogP contribution in [0.25, 0.3) is 0 Å². The number of benzene rings is 1. The third kappa shape index (κ3) is 5.99. The first kappa shape index (κ1) is 19.6. The summed E-state index contributed by atoms with van der Waals surface area (Å²) < 4.78 is 50.0. The van der Waals surface area contributed by atoms with E-state index in [2.05, 4.69) is 4.74 Å². The molecule has 0 aromatic heterocycles. The van der Waals surface area contributed by atoms with E-state index in [1.165, 1.54) is 28.9 Å². The summed E-state index contributed by atoms with van der Waals surface area (Å²) in [4.78, 5) is 26.6. The van der Waals surface area contributed by atoms with Crippen molar-refractivity contribution in [2.75, 3.05) is 26.2 Å². The fourth-order valence-electron chi connectivity index (χ4n) is 2.18. The van der Waals surface area contributed by atoms with E-state index in [0.717, 1.165) is 12.1 Å².